The summed E-state index contributed by atoms with van der Waals surface area (Å²) in [5, 5.41) is 3.93. The molecule has 0 aliphatic rings. The highest BCUT2D eigenvalue weighted by molar-refractivity contribution is 7.88. The Kier molecular flexibility index (Phi) is 5.45. The van der Waals surface area contributed by atoms with Crippen molar-refractivity contribution in [2.24, 2.45) is 0 Å². The van der Waals surface area contributed by atoms with Crippen LogP contribution in [0.1, 0.15) is 33.3 Å². The number of rotatable bonds is 7. The van der Waals surface area contributed by atoms with Crippen molar-refractivity contribution in [1.29, 1.82) is 0 Å². The zero-order valence-electron chi connectivity index (χ0n) is 14.5. The minimum Gasteiger partial charge on any atom is -0.459 e. The zero-order valence-corrected chi connectivity index (χ0v) is 16.1. The van der Waals surface area contributed by atoms with Crippen molar-refractivity contribution in [3.8, 4) is 0 Å². The van der Waals surface area contributed by atoms with E-state index >= 15 is 0 Å². The summed E-state index contributed by atoms with van der Waals surface area (Å²) in [6.45, 7) is 2.19. The first-order chi connectivity index (χ1) is 12.3. The summed E-state index contributed by atoms with van der Waals surface area (Å²) >= 11 is 1.36. The first-order valence-corrected chi connectivity index (χ1v) is 10.9. The summed E-state index contributed by atoms with van der Waals surface area (Å²) in [6, 6.07) is 13.0. The molecule has 8 heteroatoms. The van der Waals surface area contributed by atoms with Crippen molar-refractivity contribution in [1.82, 2.24) is 10.0 Å². The lowest BCUT2D eigenvalue weighted by atomic mass is 10.2. The van der Waals surface area contributed by atoms with E-state index in [9.17, 15) is 13.2 Å². The molecule has 0 radical (unpaired) electrons. The number of furan rings is 1. The van der Waals surface area contributed by atoms with Crippen LogP contribution < -0.4 is 10.0 Å². The highest BCUT2D eigenvalue weighted by atomic mass is 32.2. The quantitative estimate of drug-likeness (QED) is 0.647. The van der Waals surface area contributed by atoms with Gasteiger partial charge in [0.1, 0.15) is 11.3 Å². The Morgan fingerprint density at radius 3 is 2.73 bits per heavy atom. The Morgan fingerprint density at radius 2 is 2.00 bits per heavy atom. The summed E-state index contributed by atoms with van der Waals surface area (Å²) < 4.78 is 30.4. The molecule has 2 heterocycles. The largest absolute Gasteiger partial charge is 0.459 e. The van der Waals surface area contributed by atoms with Gasteiger partial charge in [-0.25, -0.2) is 13.1 Å². The molecule has 1 aromatic carbocycles. The number of hydrogen-bond acceptors (Lipinski definition) is 5. The molecule has 6 nitrogen and oxygen atoms in total. The minimum atomic E-state index is -3.20. The maximum absolute atomic E-state index is 12.4. The van der Waals surface area contributed by atoms with E-state index in [0.717, 1.165) is 22.1 Å². The monoisotopic (exact) mass is 392 g/mol. The second-order valence-electron chi connectivity index (χ2n) is 6.06. The second kappa shape index (κ2) is 7.61. The van der Waals surface area contributed by atoms with E-state index in [1.165, 1.54) is 11.3 Å². The van der Waals surface area contributed by atoms with E-state index in [4.69, 9.17) is 4.42 Å². The fourth-order valence-electron chi connectivity index (χ4n) is 2.55. The number of para-hydroxylation sites is 1. The molecular weight excluding hydrogens is 372 g/mol. The number of benzene rings is 1. The van der Waals surface area contributed by atoms with Gasteiger partial charge in [-0.05, 0) is 37.6 Å². The fourth-order valence-corrected chi connectivity index (χ4v) is 3.93. The van der Waals surface area contributed by atoms with Gasteiger partial charge in [0.25, 0.3) is 5.91 Å². The van der Waals surface area contributed by atoms with Gasteiger partial charge < -0.3 is 9.73 Å². The van der Waals surface area contributed by atoms with Gasteiger partial charge in [0, 0.05) is 16.8 Å². The van der Waals surface area contributed by atoms with Crippen molar-refractivity contribution in [2.75, 3.05) is 12.8 Å². The number of hydrogen-bond donors (Lipinski definition) is 2. The number of amides is 1. The normalized spacial score (nSPS) is 13.0. The number of nitrogens with one attached hydrogen (secondary N) is 2. The molecule has 0 bridgehead atoms. The Balaban J connectivity index is 1.60. The van der Waals surface area contributed by atoms with Crippen molar-refractivity contribution >= 4 is 38.2 Å². The highest BCUT2D eigenvalue weighted by Gasteiger charge is 2.16. The molecule has 2 N–H and O–H groups in total. The Labute approximate surface area is 156 Å². The molecule has 0 aliphatic heterocycles. The fraction of sp³-hybridized carbons (Fsp3) is 0.278. The van der Waals surface area contributed by atoms with E-state index in [1.807, 2.05) is 43.3 Å². The van der Waals surface area contributed by atoms with Gasteiger partial charge in [-0.1, -0.05) is 18.2 Å². The van der Waals surface area contributed by atoms with E-state index in [-0.39, 0.29) is 11.9 Å². The van der Waals surface area contributed by atoms with Gasteiger partial charge in [0.2, 0.25) is 10.0 Å². The number of carbonyl (C=O) groups excluding carboxylic acids is 1. The molecule has 0 spiro atoms. The van der Waals surface area contributed by atoms with Crippen molar-refractivity contribution in [3.05, 3.63) is 58.0 Å². The maximum Gasteiger partial charge on any atom is 0.261 e. The number of thiophene rings is 1. The van der Waals surface area contributed by atoms with Crippen LogP contribution in [-0.2, 0) is 16.4 Å². The van der Waals surface area contributed by atoms with Crippen LogP contribution in [-0.4, -0.2) is 27.1 Å². The van der Waals surface area contributed by atoms with Gasteiger partial charge in [-0.3, -0.25) is 4.79 Å². The van der Waals surface area contributed by atoms with Gasteiger partial charge in [0.05, 0.1) is 17.2 Å². The standard InChI is InChI=1S/C18H20N2O4S2/c1-12(16-11-13-5-3-4-6-15(13)24-16)20-18(21)17-8-7-14(25-17)9-10-19-26(2,22)23/h3-8,11-12,19H,9-10H2,1-2H3,(H,20,21). The molecule has 138 valence electrons. The third kappa shape index (κ3) is 4.72. The zero-order chi connectivity index (χ0) is 18.7. The van der Waals surface area contributed by atoms with E-state index in [1.54, 1.807) is 6.07 Å². The molecule has 0 saturated carbocycles. The van der Waals surface area contributed by atoms with Gasteiger partial charge in [-0.2, -0.15) is 0 Å². The van der Waals surface area contributed by atoms with Crippen LogP contribution in [0.3, 0.4) is 0 Å². The SMILES string of the molecule is CC(NC(=O)c1ccc(CCNS(C)(=O)=O)s1)c1cc2ccccc2o1. The molecule has 0 saturated heterocycles. The van der Waals surface area contributed by atoms with Gasteiger partial charge in [-0.15, -0.1) is 11.3 Å². The van der Waals surface area contributed by atoms with Crippen LogP contribution >= 0.6 is 11.3 Å². The topological polar surface area (TPSA) is 88.4 Å². The van der Waals surface area contributed by atoms with Crippen molar-refractivity contribution in [2.45, 2.75) is 19.4 Å². The van der Waals surface area contributed by atoms with Gasteiger partial charge in [0.15, 0.2) is 0 Å². The average Bonchev–Trinajstić information content (AvgIpc) is 3.20. The lowest BCUT2D eigenvalue weighted by Gasteiger charge is -2.10. The Morgan fingerprint density at radius 1 is 1.23 bits per heavy atom. The third-order valence-electron chi connectivity index (χ3n) is 3.84. The summed E-state index contributed by atoms with van der Waals surface area (Å²) in [5.41, 5.74) is 0.792. The predicted octanol–water partition coefficient (Wildman–Crippen LogP) is 3.08. The first kappa shape index (κ1) is 18.6. The lowest BCUT2D eigenvalue weighted by molar-refractivity contribution is 0.0940. The summed E-state index contributed by atoms with van der Waals surface area (Å²) in [4.78, 5) is 14.0. The van der Waals surface area contributed by atoms with E-state index < -0.39 is 10.0 Å². The van der Waals surface area contributed by atoms with Crippen LogP contribution in [0.5, 0.6) is 0 Å². The van der Waals surface area contributed by atoms with Crippen LogP contribution in [0.15, 0.2) is 46.9 Å². The lowest BCUT2D eigenvalue weighted by Crippen LogP contribution is -2.25. The van der Waals surface area contributed by atoms with Crippen LogP contribution in [0.4, 0.5) is 0 Å². The molecule has 1 amide bonds. The Hall–Kier alpha value is -2.16. The average molecular weight is 393 g/mol. The second-order valence-corrected chi connectivity index (χ2v) is 9.07. The first-order valence-electron chi connectivity index (χ1n) is 8.14. The highest BCUT2D eigenvalue weighted by Crippen LogP contribution is 2.24. The van der Waals surface area contributed by atoms with Gasteiger partial charge >= 0.3 is 0 Å². The minimum absolute atomic E-state index is 0.176. The van der Waals surface area contributed by atoms with Crippen molar-refractivity contribution < 1.29 is 17.6 Å². The number of fused-ring (bicyclic) bond motifs is 1. The van der Waals surface area contributed by atoms with Crippen LogP contribution in [0.2, 0.25) is 0 Å². The smallest absolute Gasteiger partial charge is 0.261 e. The Bertz CT molecular complexity index is 988. The summed E-state index contributed by atoms with van der Waals surface area (Å²) in [5.74, 6) is 0.527. The molecule has 1 atom stereocenters. The summed E-state index contributed by atoms with van der Waals surface area (Å²) in [6.07, 6.45) is 1.67. The van der Waals surface area contributed by atoms with Crippen LogP contribution in [0, 0.1) is 0 Å². The maximum atomic E-state index is 12.4. The van der Waals surface area contributed by atoms with E-state index in [0.29, 0.717) is 23.6 Å². The third-order valence-corrected chi connectivity index (χ3v) is 5.71. The molecule has 3 rings (SSSR count). The van der Waals surface area contributed by atoms with Crippen LogP contribution in [0.25, 0.3) is 11.0 Å². The molecular formula is C18H20N2O4S2. The van der Waals surface area contributed by atoms with Crippen molar-refractivity contribution in [3.63, 3.8) is 0 Å². The number of sulfonamides is 1. The molecule has 26 heavy (non-hydrogen) atoms. The number of carbonyl (C=O) groups is 1. The molecule has 2 aromatic heterocycles. The molecule has 0 fully saturated rings. The van der Waals surface area contributed by atoms with E-state index in [2.05, 4.69) is 10.0 Å². The summed E-state index contributed by atoms with van der Waals surface area (Å²) in [7, 11) is -3.20. The predicted molar refractivity (Wildman–Crippen MR) is 103 cm³/mol. The molecule has 3 aromatic rings. The molecule has 1 unspecified atom stereocenters. The molecule has 0 aliphatic carbocycles.